The van der Waals surface area contributed by atoms with Gasteiger partial charge in [-0.1, -0.05) is 31.0 Å². The monoisotopic (exact) mass is 425 g/mol. The van der Waals surface area contributed by atoms with Crippen LogP contribution >= 0.6 is 11.3 Å². The van der Waals surface area contributed by atoms with E-state index in [1.165, 1.54) is 6.07 Å². The molecule has 7 heteroatoms. The molecule has 5 nitrogen and oxygen atoms in total. The zero-order valence-corrected chi connectivity index (χ0v) is 17.7. The summed E-state index contributed by atoms with van der Waals surface area (Å²) in [6.07, 6.45) is 4.15. The molecule has 2 aromatic heterocycles. The third-order valence-corrected chi connectivity index (χ3v) is 7.37. The van der Waals surface area contributed by atoms with Gasteiger partial charge in [-0.15, -0.1) is 11.3 Å². The van der Waals surface area contributed by atoms with Crippen LogP contribution < -0.4 is 5.32 Å². The molecule has 5 rings (SSSR count). The summed E-state index contributed by atoms with van der Waals surface area (Å²) in [5, 5.41) is 5.16. The van der Waals surface area contributed by atoms with Gasteiger partial charge in [-0.05, 0) is 43.3 Å². The molecule has 1 aliphatic carbocycles. The second kappa shape index (κ2) is 7.23. The Morgan fingerprint density at radius 3 is 2.80 bits per heavy atom. The van der Waals surface area contributed by atoms with E-state index in [9.17, 15) is 14.0 Å². The second-order valence-corrected chi connectivity index (χ2v) is 9.44. The Kier molecular flexibility index (Phi) is 4.65. The van der Waals surface area contributed by atoms with Gasteiger partial charge in [0, 0.05) is 11.6 Å². The van der Waals surface area contributed by atoms with Gasteiger partial charge in [0.1, 0.15) is 17.1 Å². The Morgan fingerprint density at radius 1 is 1.27 bits per heavy atom. The van der Waals surface area contributed by atoms with Gasteiger partial charge in [0.2, 0.25) is 5.91 Å². The topological polar surface area (TPSA) is 54.3 Å². The van der Waals surface area contributed by atoms with Gasteiger partial charge >= 0.3 is 0 Å². The minimum Gasteiger partial charge on any atom is -0.351 e. The first kappa shape index (κ1) is 19.3. The number of rotatable bonds is 4. The van der Waals surface area contributed by atoms with Gasteiger partial charge in [-0.2, -0.15) is 0 Å². The fourth-order valence-corrected chi connectivity index (χ4v) is 5.55. The van der Waals surface area contributed by atoms with Gasteiger partial charge in [0.25, 0.3) is 5.91 Å². The van der Waals surface area contributed by atoms with Gasteiger partial charge < -0.3 is 14.8 Å². The standard InChI is InChI=1S/C23H24FN3O2S/c1-23(22(29)25-16-7-3-4-8-16)14-26-18-10-11-30-20(18)12-19(26)21(28)27(23)13-15-6-2-5-9-17(15)24/h2,5-6,9-12,16H,3-4,7-8,13-14H2,1H3,(H,25,29)/t23-/m1/s1. The van der Waals surface area contributed by atoms with Crippen LogP contribution in [0.15, 0.2) is 41.8 Å². The maximum atomic E-state index is 14.4. The predicted octanol–water partition coefficient (Wildman–Crippen LogP) is 4.32. The molecular weight excluding hydrogens is 401 g/mol. The molecule has 0 spiro atoms. The van der Waals surface area contributed by atoms with Crippen LogP contribution in [-0.4, -0.2) is 32.9 Å². The molecule has 0 radical (unpaired) electrons. The third-order valence-electron chi connectivity index (χ3n) is 6.51. The van der Waals surface area contributed by atoms with E-state index in [1.54, 1.807) is 41.4 Å². The van der Waals surface area contributed by atoms with E-state index in [0.29, 0.717) is 17.8 Å². The average molecular weight is 426 g/mol. The van der Waals surface area contributed by atoms with Gasteiger partial charge in [0.05, 0.1) is 23.3 Å². The number of aromatic nitrogens is 1. The summed E-state index contributed by atoms with van der Waals surface area (Å²) in [4.78, 5) is 28.6. The highest BCUT2D eigenvalue weighted by Crippen LogP contribution is 2.35. The zero-order valence-electron chi connectivity index (χ0n) is 16.9. The minimum atomic E-state index is -1.11. The first-order chi connectivity index (χ1) is 14.5. The Bertz CT molecular complexity index is 1130. The van der Waals surface area contributed by atoms with Gasteiger partial charge in [-0.3, -0.25) is 9.59 Å². The van der Waals surface area contributed by atoms with Crippen molar-refractivity contribution in [3.05, 3.63) is 58.9 Å². The fourth-order valence-electron chi connectivity index (χ4n) is 4.73. The zero-order chi connectivity index (χ0) is 20.9. The number of hydrogen-bond donors (Lipinski definition) is 1. The molecule has 1 aromatic carbocycles. The lowest BCUT2D eigenvalue weighted by Gasteiger charge is -2.44. The van der Waals surface area contributed by atoms with Crippen LogP contribution in [0, 0.1) is 5.82 Å². The van der Waals surface area contributed by atoms with Gasteiger partial charge in [0.15, 0.2) is 0 Å². The molecule has 30 heavy (non-hydrogen) atoms. The molecule has 156 valence electrons. The highest BCUT2D eigenvalue weighted by atomic mass is 32.1. The second-order valence-electron chi connectivity index (χ2n) is 8.50. The van der Waals surface area contributed by atoms with Crippen LogP contribution in [0.5, 0.6) is 0 Å². The van der Waals surface area contributed by atoms with Crippen LogP contribution in [0.25, 0.3) is 10.2 Å². The molecule has 3 aromatic rings. The molecule has 1 saturated carbocycles. The van der Waals surface area contributed by atoms with E-state index in [2.05, 4.69) is 5.32 Å². The Morgan fingerprint density at radius 2 is 2.03 bits per heavy atom. The summed E-state index contributed by atoms with van der Waals surface area (Å²) >= 11 is 1.57. The number of amides is 2. The van der Waals surface area contributed by atoms with Crippen LogP contribution in [0.3, 0.4) is 0 Å². The highest BCUT2D eigenvalue weighted by molar-refractivity contribution is 7.17. The van der Waals surface area contributed by atoms with E-state index in [-0.39, 0.29) is 30.2 Å². The fraction of sp³-hybridized carbons (Fsp3) is 0.391. The molecule has 0 unspecified atom stereocenters. The number of carbonyl (C=O) groups excluding carboxylic acids is 2. The number of nitrogens with one attached hydrogen (secondary N) is 1. The third kappa shape index (κ3) is 3.03. The number of thiophene rings is 1. The van der Waals surface area contributed by atoms with Crippen molar-refractivity contribution in [1.82, 2.24) is 14.8 Å². The largest absolute Gasteiger partial charge is 0.351 e. The van der Waals surface area contributed by atoms with Crippen molar-refractivity contribution >= 4 is 33.4 Å². The number of halogens is 1. The molecule has 1 N–H and O–H groups in total. The van der Waals surface area contributed by atoms with Crippen LogP contribution in [-0.2, 0) is 17.9 Å². The number of carbonyl (C=O) groups is 2. The van der Waals surface area contributed by atoms with Crippen molar-refractivity contribution < 1.29 is 14.0 Å². The molecule has 0 bridgehead atoms. The summed E-state index contributed by atoms with van der Waals surface area (Å²) in [6.45, 7) is 2.21. The average Bonchev–Trinajstić information content (AvgIpc) is 3.45. The lowest BCUT2D eigenvalue weighted by Crippen LogP contribution is -2.64. The number of fused-ring (bicyclic) bond motifs is 3. The van der Waals surface area contributed by atoms with Crippen molar-refractivity contribution in [3.8, 4) is 0 Å². The molecule has 2 aliphatic rings. The molecule has 0 saturated heterocycles. The maximum Gasteiger partial charge on any atom is 0.271 e. The summed E-state index contributed by atoms with van der Waals surface area (Å²) in [5.74, 6) is -0.774. The lowest BCUT2D eigenvalue weighted by molar-refractivity contribution is -0.133. The molecule has 1 fully saturated rings. The normalized spacial score (nSPS) is 21.9. The molecule has 1 atom stereocenters. The van der Waals surface area contributed by atoms with Crippen molar-refractivity contribution in [2.24, 2.45) is 0 Å². The number of nitrogens with zero attached hydrogens (tertiary/aromatic N) is 2. The summed E-state index contributed by atoms with van der Waals surface area (Å²) in [6, 6.07) is 10.4. The molecule has 2 amide bonds. The number of benzene rings is 1. The lowest BCUT2D eigenvalue weighted by atomic mass is 9.93. The van der Waals surface area contributed by atoms with Crippen molar-refractivity contribution in [2.75, 3.05) is 0 Å². The van der Waals surface area contributed by atoms with Gasteiger partial charge in [-0.25, -0.2) is 4.39 Å². The Balaban J connectivity index is 1.57. The van der Waals surface area contributed by atoms with E-state index in [0.717, 1.165) is 35.9 Å². The van der Waals surface area contributed by atoms with E-state index in [1.807, 2.05) is 22.1 Å². The van der Waals surface area contributed by atoms with E-state index in [4.69, 9.17) is 0 Å². The van der Waals surface area contributed by atoms with Crippen molar-refractivity contribution in [1.29, 1.82) is 0 Å². The van der Waals surface area contributed by atoms with E-state index >= 15 is 0 Å². The minimum absolute atomic E-state index is 0.0545. The van der Waals surface area contributed by atoms with E-state index < -0.39 is 5.54 Å². The summed E-state index contributed by atoms with van der Waals surface area (Å²) < 4.78 is 17.4. The molecular formula is C23H24FN3O2S. The first-order valence-electron chi connectivity index (χ1n) is 10.4. The SMILES string of the molecule is C[C@]1(C(=O)NC2CCCC2)Cn2c(cc3sccc32)C(=O)N1Cc1ccccc1F. The Hall–Kier alpha value is -2.67. The maximum absolute atomic E-state index is 14.4. The van der Waals surface area contributed by atoms with Crippen LogP contribution in [0.2, 0.25) is 0 Å². The van der Waals surface area contributed by atoms with Crippen LogP contribution in [0.4, 0.5) is 4.39 Å². The smallest absolute Gasteiger partial charge is 0.271 e. The van der Waals surface area contributed by atoms with Crippen LogP contribution in [0.1, 0.15) is 48.7 Å². The molecule has 1 aliphatic heterocycles. The number of hydrogen-bond acceptors (Lipinski definition) is 3. The predicted molar refractivity (Wildman–Crippen MR) is 115 cm³/mol. The first-order valence-corrected chi connectivity index (χ1v) is 11.3. The van der Waals surface area contributed by atoms with Crippen molar-refractivity contribution in [2.45, 2.75) is 57.3 Å². The summed E-state index contributed by atoms with van der Waals surface area (Å²) in [5.41, 5.74) is 0.823. The summed E-state index contributed by atoms with van der Waals surface area (Å²) in [7, 11) is 0. The van der Waals surface area contributed by atoms with Crippen molar-refractivity contribution in [3.63, 3.8) is 0 Å². The quantitative estimate of drug-likeness (QED) is 0.677. The molecule has 3 heterocycles. The Labute approximate surface area is 178 Å². The highest BCUT2D eigenvalue weighted by Gasteiger charge is 2.48.